The predicted molar refractivity (Wildman–Crippen MR) is 85.0 cm³/mol. The molecule has 20 heavy (non-hydrogen) atoms. The zero-order valence-corrected chi connectivity index (χ0v) is 13.3. The number of nitrogens with zero attached hydrogens (tertiary/aromatic N) is 3. The molecule has 0 bridgehead atoms. The van der Waals surface area contributed by atoms with Crippen LogP contribution in [-0.2, 0) is 5.54 Å². The topological polar surface area (TPSA) is 44.9 Å². The van der Waals surface area contributed by atoms with E-state index in [2.05, 4.69) is 67.9 Å². The Kier molecular flexibility index (Phi) is 4.04. The summed E-state index contributed by atoms with van der Waals surface area (Å²) in [5, 5.41) is 0. The van der Waals surface area contributed by atoms with Crippen molar-refractivity contribution in [3.8, 4) is 0 Å². The number of hydrogen-bond acceptors (Lipinski definition) is 4. The SMILES string of the molecule is Cc1ccc(C)c(C2(C)CN=C(N)N2CCN(C)C)c1. The van der Waals surface area contributed by atoms with Crippen LogP contribution in [0.2, 0.25) is 0 Å². The maximum Gasteiger partial charge on any atom is 0.192 e. The Morgan fingerprint density at radius 1 is 1.35 bits per heavy atom. The summed E-state index contributed by atoms with van der Waals surface area (Å²) in [5.74, 6) is 0.662. The number of nitrogens with two attached hydrogens (primary N) is 1. The maximum atomic E-state index is 6.12. The average molecular weight is 274 g/mol. The number of guanidine groups is 1. The largest absolute Gasteiger partial charge is 0.370 e. The van der Waals surface area contributed by atoms with Gasteiger partial charge in [-0.2, -0.15) is 0 Å². The minimum atomic E-state index is -0.129. The molecule has 1 aromatic carbocycles. The van der Waals surface area contributed by atoms with Crippen molar-refractivity contribution in [1.82, 2.24) is 9.80 Å². The molecule has 1 aromatic rings. The molecule has 1 heterocycles. The van der Waals surface area contributed by atoms with Crippen LogP contribution in [0.3, 0.4) is 0 Å². The molecule has 1 aliphatic rings. The van der Waals surface area contributed by atoms with Gasteiger partial charge in [-0.15, -0.1) is 0 Å². The highest BCUT2D eigenvalue weighted by Crippen LogP contribution is 2.34. The minimum Gasteiger partial charge on any atom is -0.370 e. The molecule has 0 fully saturated rings. The monoisotopic (exact) mass is 274 g/mol. The smallest absolute Gasteiger partial charge is 0.192 e. The third-order valence-electron chi connectivity index (χ3n) is 4.17. The van der Waals surface area contributed by atoms with E-state index in [4.69, 9.17) is 5.73 Å². The Morgan fingerprint density at radius 2 is 2.05 bits per heavy atom. The molecule has 1 unspecified atom stereocenters. The van der Waals surface area contributed by atoms with Crippen LogP contribution in [0, 0.1) is 13.8 Å². The lowest BCUT2D eigenvalue weighted by molar-refractivity contribution is 0.204. The van der Waals surface area contributed by atoms with Gasteiger partial charge < -0.3 is 15.5 Å². The number of aryl methyl sites for hydroxylation is 2. The first-order valence-electron chi connectivity index (χ1n) is 7.14. The van der Waals surface area contributed by atoms with Gasteiger partial charge in [0.25, 0.3) is 0 Å². The van der Waals surface area contributed by atoms with Crippen molar-refractivity contribution in [3.05, 3.63) is 34.9 Å². The zero-order chi connectivity index (χ0) is 14.9. The second kappa shape index (κ2) is 5.44. The summed E-state index contributed by atoms with van der Waals surface area (Å²) in [6.45, 7) is 9.14. The van der Waals surface area contributed by atoms with Gasteiger partial charge in [-0.3, -0.25) is 4.99 Å². The molecular formula is C16H26N4. The number of hydrogen-bond donors (Lipinski definition) is 1. The van der Waals surface area contributed by atoms with Crippen LogP contribution < -0.4 is 5.73 Å². The molecule has 0 radical (unpaired) electrons. The first-order chi connectivity index (χ1) is 9.34. The van der Waals surface area contributed by atoms with Gasteiger partial charge in [0.15, 0.2) is 5.96 Å². The first kappa shape index (κ1) is 14.9. The molecule has 2 rings (SSSR count). The van der Waals surface area contributed by atoms with E-state index in [1.54, 1.807) is 0 Å². The standard InChI is InChI=1S/C16H26N4/c1-12-6-7-13(2)14(10-12)16(3)11-18-15(17)20(16)9-8-19(4)5/h6-7,10H,8-9,11H2,1-5H3,(H2,17,18). The lowest BCUT2D eigenvalue weighted by atomic mass is 9.86. The van der Waals surface area contributed by atoms with E-state index < -0.39 is 0 Å². The molecule has 0 aliphatic carbocycles. The van der Waals surface area contributed by atoms with Crippen LogP contribution in [0.5, 0.6) is 0 Å². The van der Waals surface area contributed by atoms with Crippen molar-refractivity contribution in [3.63, 3.8) is 0 Å². The highest BCUT2D eigenvalue weighted by atomic mass is 15.4. The molecule has 2 N–H and O–H groups in total. The van der Waals surface area contributed by atoms with E-state index in [1.165, 1.54) is 16.7 Å². The molecule has 0 saturated heterocycles. The highest BCUT2D eigenvalue weighted by molar-refractivity contribution is 5.81. The number of rotatable bonds is 4. The average Bonchev–Trinajstić information content (AvgIpc) is 2.67. The highest BCUT2D eigenvalue weighted by Gasteiger charge is 2.40. The van der Waals surface area contributed by atoms with Crippen LogP contribution in [0.25, 0.3) is 0 Å². The van der Waals surface area contributed by atoms with E-state index in [-0.39, 0.29) is 5.54 Å². The number of likely N-dealkylation sites (N-methyl/N-ethyl adjacent to an activating group) is 1. The van der Waals surface area contributed by atoms with Gasteiger partial charge in [0.1, 0.15) is 0 Å². The van der Waals surface area contributed by atoms with Crippen LogP contribution in [-0.4, -0.2) is 49.5 Å². The van der Waals surface area contributed by atoms with Crippen molar-refractivity contribution in [2.75, 3.05) is 33.7 Å². The van der Waals surface area contributed by atoms with Gasteiger partial charge in [-0.05, 0) is 46.0 Å². The molecule has 4 heteroatoms. The Bertz CT molecular complexity index is 521. The van der Waals surface area contributed by atoms with Crippen molar-refractivity contribution < 1.29 is 0 Å². The lowest BCUT2D eigenvalue weighted by Crippen LogP contribution is -2.50. The summed E-state index contributed by atoms with van der Waals surface area (Å²) in [6, 6.07) is 6.62. The van der Waals surface area contributed by atoms with Gasteiger partial charge >= 0.3 is 0 Å². The fourth-order valence-electron chi connectivity index (χ4n) is 2.87. The van der Waals surface area contributed by atoms with Gasteiger partial charge in [0, 0.05) is 13.1 Å². The fraction of sp³-hybridized carbons (Fsp3) is 0.562. The van der Waals surface area contributed by atoms with Crippen LogP contribution in [0.1, 0.15) is 23.6 Å². The van der Waals surface area contributed by atoms with Crippen molar-refractivity contribution in [2.45, 2.75) is 26.3 Å². The van der Waals surface area contributed by atoms with Crippen LogP contribution >= 0.6 is 0 Å². The molecule has 110 valence electrons. The summed E-state index contributed by atoms with van der Waals surface area (Å²) >= 11 is 0. The Morgan fingerprint density at radius 3 is 2.70 bits per heavy atom. The van der Waals surface area contributed by atoms with Gasteiger partial charge in [0.05, 0.1) is 12.1 Å². The predicted octanol–water partition coefficient (Wildman–Crippen LogP) is 1.71. The normalized spacial score (nSPS) is 22.5. The number of benzene rings is 1. The Balaban J connectivity index is 2.34. The minimum absolute atomic E-state index is 0.129. The summed E-state index contributed by atoms with van der Waals surface area (Å²) in [4.78, 5) is 8.92. The van der Waals surface area contributed by atoms with Crippen molar-refractivity contribution in [1.29, 1.82) is 0 Å². The van der Waals surface area contributed by atoms with Gasteiger partial charge in [-0.1, -0.05) is 23.8 Å². The van der Waals surface area contributed by atoms with E-state index >= 15 is 0 Å². The Labute approximate surface area is 122 Å². The van der Waals surface area contributed by atoms with E-state index in [0.29, 0.717) is 5.96 Å². The van der Waals surface area contributed by atoms with Crippen molar-refractivity contribution in [2.24, 2.45) is 10.7 Å². The zero-order valence-electron chi connectivity index (χ0n) is 13.3. The second-order valence-corrected chi connectivity index (χ2v) is 6.22. The summed E-state index contributed by atoms with van der Waals surface area (Å²) in [6.07, 6.45) is 0. The molecular weight excluding hydrogens is 248 g/mol. The van der Waals surface area contributed by atoms with Crippen LogP contribution in [0.15, 0.2) is 23.2 Å². The van der Waals surface area contributed by atoms with Gasteiger partial charge in [0.2, 0.25) is 0 Å². The summed E-state index contributed by atoms with van der Waals surface area (Å²) in [7, 11) is 4.16. The molecule has 0 saturated carbocycles. The van der Waals surface area contributed by atoms with Gasteiger partial charge in [-0.25, -0.2) is 0 Å². The van der Waals surface area contributed by atoms with E-state index in [1.807, 2.05) is 0 Å². The third kappa shape index (κ3) is 2.66. The second-order valence-electron chi connectivity index (χ2n) is 6.22. The quantitative estimate of drug-likeness (QED) is 0.909. The number of aliphatic imine (C=N–C) groups is 1. The molecule has 0 aromatic heterocycles. The molecule has 0 amide bonds. The molecule has 1 aliphatic heterocycles. The Hall–Kier alpha value is -1.55. The summed E-state index contributed by atoms with van der Waals surface area (Å²) in [5.41, 5.74) is 9.91. The molecule has 0 spiro atoms. The molecule has 1 atom stereocenters. The molecule has 4 nitrogen and oxygen atoms in total. The van der Waals surface area contributed by atoms with E-state index in [9.17, 15) is 0 Å². The first-order valence-corrected chi connectivity index (χ1v) is 7.14. The van der Waals surface area contributed by atoms with Crippen molar-refractivity contribution >= 4 is 5.96 Å². The third-order valence-corrected chi connectivity index (χ3v) is 4.17. The maximum absolute atomic E-state index is 6.12. The fourth-order valence-corrected chi connectivity index (χ4v) is 2.87. The van der Waals surface area contributed by atoms with E-state index in [0.717, 1.165) is 19.6 Å². The lowest BCUT2D eigenvalue weighted by Gasteiger charge is -2.38. The summed E-state index contributed by atoms with van der Waals surface area (Å²) < 4.78 is 0. The van der Waals surface area contributed by atoms with Crippen LogP contribution in [0.4, 0.5) is 0 Å².